The fourth-order valence-corrected chi connectivity index (χ4v) is 1.56. The Morgan fingerprint density at radius 3 is 2.90 bits per heavy atom. The Bertz CT molecular complexity index is 239. The summed E-state index contributed by atoms with van der Waals surface area (Å²) in [5.41, 5.74) is 4.67. The zero-order valence-corrected chi connectivity index (χ0v) is 6.35. The molecule has 0 aromatic carbocycles. The quantitative estimate of drug-likeness (QED) is 0.475. The van der Waals surface area contributed by atoms with E-state index in [1.807, 2.05) is 0 Å². The van der Waals surface area contributed by atoms with Crippen LogP contribution in [0.3, 0.4) is 0 Å². The van der Waals surface area contributed by atoms with Gasteiger partial charge in [0.15, 0.2) is 0 Å². The molecule has 0 radical (unpaired) electrons. The monoisotopic (exact) mass is 132 g/mol. The predicted octanol–water partition coefficient (Wildman–Crippen LogP) is 2.98. The van der Waals surface area contributed by atoms with Gasteiger partial charge < -0.3 is 0 Å². The Kier molecular flexibility index (Phi) is 1.26. The standard InChI is InChI=1S/C10H12/c1-8-3-2-4-9-5-6-10(9)7-8/h2-3,7H,4-6H2,1H3. The summed E-state index contributed by atoms with van der Waals surface area (Å²) in [6.07, 6.45) is 10.7. The molecule has 2 aliphatic carbocycles. The second kappa shape index (κ2) is 2.12. The molecule has 0 nitrogen and oxygen atoms in total. The van der Waals surface area contributed by atoms with Crippen molar-refractivity contribution in [3.05, 3.63) is 34.9 Å². The van der Waals surface area contributed by atoms with Gasteiger partial charge in [0.05, 0.1) is 0 Å². The minimum atomic E-state index is 1.20. The highest BCUT2D eigenvalue weighted by Gasteiger charge is 2.14. The molecule has 0 amide bonds. The molecule has 0 spiro atoms. The molecule has 0 aromatic heterocycles. The molecule has 0 aliphatic heterocycles. The van der Waals surface area contributed by atoms with Crippen molar-refractivity contribution in [2.45, 2.75) is 26.2 Å². The van der Waals surface area contributed by atoms with Gasteiger partial charge in [-0.05, 0) is 31.8 Å². The average Bonchev–Trinajstić information content (AvgIpc) is 1.99. The first-order valence-electron chi connectivity index (χ1n) is 3.92. The molecule has 0 heterocycles. The summed E-state index contributed by atoms with van der Waals surface area (Å²) in [6.45, 7) is 2.17. The lowest BCUT2D eigenvalue weighted by atomic mass is 9.87. The summed E-state index contributed by atoms with van der Waals surface area (Å²) in [4.78, 5) is 0. The van der Waals surface area contributed by atoms with Crippen LogP contribution in [-0.4, -0.2) is 0 Å². The third-order valence-corrected chi connectivity index (χ3v) is 2.30. The zero-order chi connectivity index (χ0) is 6.97. The van der Waals surface area contributed by atoms with E-state index < -0.39 is 0 Å². The van der Waals surface area contributed by atoms with E-state index in [0.29, 0.717) is 0 Å². The predicted molar refractivity (Wildman–Crippen MR) is 43.8 cm³/mol. The maximum atomic E-state index is 2.32. The molecule has 0 unspecified atom stereocenters. The van der Waals surface area contributed by atoms with Gasteiger partial charge in [-0.2, -0.15) is 0 Å². The van der Waals surface area contributed by atoms with Crippen molar-refractivity contribution in [3.63, 3.8) is 0 Å². The third-order valence-electron chi connectivity index (χ3n) is 2.30. The molecule has 0 saturated carbocycles. The van der Waals surface area contributed by atoms with Gasteiger partial charge in [-0.3, -0.25) is 0 Å². The van der Waals surface area contributed by atoms with E-state index in [9.17, 15) is 0 Å². The van der Waals surface area contributed by atoms with Crippen LogP contribution < -0.4 is 0 Å². The number of hydrogen-bond acceptors (Lipinski definition) is 0. The lowest BCUT2D eigenvalue weighted by molar-refractivity contribution is 0.799. The molecule has 2 rings (SSSR count). The van der Waals surface area contributed by atoms with Crippen LogP contribution in [0.15, 0.2) is 34.9 Å². The van der Waals surface area contributed by atoms with Crippen molar-refractivity contribution in [1.29, 1.82) is 0 Å². The fraction of sp³-hybridized carbons (Fsp3) is 0.400. The van der Waals surface area contributed by atoms with Gasteiger partial charge in [-0.1, -0.05) is 29.4 Å². The first-order valence-corrected chi connectivity index (χ1v) is 3.92. The second-order valence-electron chi connectivity index (χ2n) is 3.12. The first-order chi connectivity index (χ1) is 4.86. The molecule has 0 N–H and O–H groups in total. The molecule has 0 saturated heterocycles. The summed E-state index contributed by atoms with van der Waals surface area (Å²) in [5, 5.41) is 0. The van der Waals surface area contributed by atoms with E-state index in [1.165, 1.54) is 24.8 Å². The first kappa shape index (κ1) is 5.96. The molecular formula is C10H12. The van der Waals surface area contributed by atoms with Crippen molar-refractivity contribution in [2.75, 3.05) is 0 Å². The third kappa shape index (κ3) is 0.841. The topological polar surface area (TPSA) is 0 Å². The maximum Gasteiger partial charge on any atom is -0.0130 e. The minimum Gasteiger partial charge on any atom is -0.0802 e. The highest BCUT2D eigenvalue weighted by atomic mass is 14.2. The lowest BCUT2D eigenvalue weighted by Gasteiger charge is -2.19. The second-order valence-corrected chi connectivity index (χ2v) is 3.12. The van der Waals surface area contributed by atoms with E-state index in [1.54, 1.807) is 11.1 Å². The van der Waals surface area contributed by atoms with Crippen LogP contribution >= 0.6 is 0 Å². The van der Waals surface area contributed by atoms with Crippen molar-refractivity contribution in [1.82, 2.24) is 0 Å². The number of allylic oxidation sites excluding steroid dienone is 6. The van der Waals surface area contributed by atoms with E-state index in [4.69, 9.17) is 0 Å². The zero-order valence-electron chi connectivity index (χ0n) is 6.35. The Hall–Kier alpha value is -0.780. The SMILES string of the molecule is CC1=CC2=C(CC=C1)CC2. The highest BCUT2D eigenvalue weighted by Crippen LogP contribution is 2.33. The van der Waals surface area contributed by atoms with Gasteiger partial charge in [-0.25, -0.2) is 0 Å². The Morgan fingerprint density at radius 2 is 2.20 bits per heavy atom. The summed E-state index contributed by atoms with van der Waals surface area (Å²) < 4.78 is 0. The average molecular weight is 132 g/mol. The van der Waals surface area contributed by atoms with Crippen LogP contribution in [-0.2, 0) is 0 Å². The molecule has 10 heavy (non-hydrogen) atoms. The van der Waals surface area contributed by atoms with Crippen LogP contribution in [0, 0.1) is 0 Å². The van der Waals surface area contributed by atoms with Gasteiger partial charge in [0.1, 0.15) is 0 Å². The smallest absolute Gasteiger partial charge is 0.0130 e. The minimum absolute atomic E-state index is 1.20. The molecule has 0 fully saturated rings. The largest absolute Gasteiger partial charge is 0.0802 e. The van der Waals surface area contributed by atoms with E-state index in [-0.39, 0.29) is 0 Å². The van der Waals surface area contributed by atoms with Crippen molar-refractivity contribution in [2.24, 2.45) is 0 Å². The summed E-state index contributed by atoms with van der Waals surface area (Å²) in [7, 11) is 0. The van der Waals surface area contributed by atoms with Gasteiger partial charge >= 0.3 is 0 Å². The summed E-state index contributed by atoms with van der Waals surface area (Å²) in [6, 6.07) is 0. The van der Waals surface area contributed by atoms with Crippen LogP contribution in [0.5, 0.6) is 0 Å². The summed E-state index contributed by atoms with van der Waals surface area (Å²) >= 11 is 0. The Labute approximate surface area is 61.9 Å². The van der Waals surface area contributed by atoms with Crippen LogP contribution in [0.25, 0.3) is 0 Å². The van der Waals surface area contributed by atoms with Crippen molar-refractivity contribution in [3.8, 4) is 0 Å². The molecule has 0 aromatic rings. The van der Waals surface area contributed by atoms with Crippen LogP contribution in [0.2, 0.25) is 0 Å². The highest BCUT2D eigenvalue weighted by molar-refractivity contribution is 5.41. The summed E-state index contributed by atoms with van der Waals surface area (Å²) in [5.74, 6) is 0. The molecule has 2 aliphatic rings. The van der Waals surface area contributed by atoms with Gasteiger partial charge in [-0.15, -0.1) is 0 Å². The van der Waals surface area contributed by atoms with E-state index in [2.05, 4.69) is 25.2 Å². The Morgan fingerprint density at radius 1 is 1.30 bits per heavy atom. The molecule has 0 atom stereocenters. The molecule has 0 heteroatoms. The molecule has 52 valence electrons. The van der Waals surface area contributed by atoms with Crippen LogP contribution in [0.1, 0.15) is 26.2 Å². The number of rotatable bonds is 0. The van der Waals surface area contributed by atoms with Crippen molar-refractivity contribution >= 4 is 0 Å². The van der Waals surface area contributed by atoms with Gasteiger partial charge in [0, 0.05) is 0 Å². The molecular weight excluding hydrogens is 120 g/mol. The lowest BCUT2D eigenvalue weighted by Crippen LogP contribution is -2.00. The molecule has 0 bridgehead atoms. The Balaban J connectivity index is 2.36. The van der Waals surface area contributed by atoms with E-state index >= 15 is 0 Å². The normalized spacial score (nSPS) is 23.1. The fourth-order valence-electron chi connectivity index (χ4n) is 1.56. The maximum absolute atomic E-state index is 2.32. The number of hydrogen-bond donors (Lipinski definition) is 0. The van der Waals surface area contributed by atoms with E-state index in [0.717, 1.165) is 0 Å². The van der Waals surface area contributed by atoms with Gasteiger partial charge in [0.25, 0.3) is 0 Å². The van der Waals surface area contributed by atoms with Crippen molar-refractivity contribution < 1.29 is 0 Å². The van der Waals surface area contributed by atoms with Gasteiger partial charge in [0.2, 0.25) is 0 Å². The van der Waals surface area contributed by atoms with Crippen LogP contribution in [0.4, 0.5) is 0 Å².